The predicted molar refractivity (Wildman–Crippen MR) is 76.0 cm³/mol. The van der Waals surface area contributed by atoms with Crippen LogP contribution in [0, 0.1) is 24.7 Å². The fourth-order valence-corrected chi connectivity index (χ4v) is 1.73. The number of methoxy groups -OCH3 is 1. The molecule has 0 bridgehead atoms. The third-order valence-electron chi connectivity index (χ3n) is 2.67. The van der Waals surface area contributed by atoms with Gasteiger partial charge in [0.05, 0.1) is 20.1 Å². The highest BCUT2D eigenvalue weighted by Gasteiger charge is 2.66. The van der Waals surface area contributed by atoms with E-state index in [2.05, 4.69) is 4.74 Å². The first-order valence-electron chi connectivity index (χ1n) is 6.40. The monoisotopic (exact) mass is 333 g/mol. The largest absolute Gasteiger partial charge is 0.467 e. The topological polar surface area (TPSA) is 55.8 Å². The molecule has 0 rings (SSSR count). The van der Waals surface area contributed by atoms with Crippen molar-refractivity contribution in [2.45, 2.75) is 44.5 Å². The molecule has 8 heteroatoms. The van der Waals surface area contributed by atoms with E-state index in [9.17, 15) is 22.8 Å². The van der Waals surface area contributed by atoms with Gasteiger partial charge in [-0.3, -0.25) is 4.90 Å². The highest BCUT2D eigenvalue weighted by atomic mass is 19.4. The minimum atomic E-state index is -5.22. The summed E-state index contributed by atoms with van der Waals surface area (Å²) in [4.78, 5) is 24.1. The lowest BCUT2D eigenvalue weighted by Crippen LogP contribution is -2.66. The number of carbonyl (C=O) groups excluding carboxylic acids is 2. The van der Waals surface area contributed by atoms with E-state index in [0.29, 0.717) is 0 Å². The molecule has 23 heavy (non-hydrogen) atoms. The van der Waals surface area contributed by atoms with Crippen LogP contribution in [0.3, 0.4) is 0 Å². The average Bonchev–Trinajstić information content (AvgIpc) is 2.38. The highest BCUT2D eigenvalue weighted by Crippen LogP contribution is 2.40. The van der Waals surface area contributed by atoms with E-state index in [4.69, 9.17) is 17.6 Å². The molecule has 1 amide bonds. The molecule has 0 radical (unpaired) electrons. The maximum absolute atomic E-state index is 13.7. The van der Waals surface area contributed by atoms with Crippen molar-refractivity contribution in [3.05, 3.63) is 0 Å². The molecule has 0 aliphatic rings. The second kappa shape index (κ2) is 7.28. The molecule has 1 unspecified atom stereocenters. The normalized spacial score (nSPS) is 14.0. The summed E-state index contributed by atoms with van der Waals surface area (Å²) < 4.78 is 50.1. The van der Waals surface area contributed by atoms with Gasteiger partial charge >= 0.3 is 18.2 Å². The molecule has 0 aromatic carbocycles. The number of alkyl halides is 3. The van der Waals surface area contributed by atoms with Crippen molar-refractivity contribution in [3.63, 3.8) is 0 Å². The Morgan fingerprint density at radius 3 is 1.96 bits per heavy atom. The zero-order valence-corrected chi connectivity index (χ0v) is 13.3. The van der Waals surface area contributed by atoms with Crippen LogP contribution in [0.25, 0.3) is 0 Å². The van der Waals surface area contributed by atoms with Gasteiger partial charge in [-0.2, -0.15) is 13.2 Å². The van der Waals surface area contributed by atoms with Crippen LogP contribution in [0.5, 0.6) is 0 Å². The summed E-state index contributed by atoms with van der Waals surface area (Å²) in [6.07, 6.45) is 2.21. The van der Waals surface area contributed by atoms with E-state index >= 15 is 0 Å². The van der Waals surface area contributed by atoms with Gasteiger partial charge in [-0.15, -0.1) is 18.8 Å². The van der Waals surface area contributed by atoms with Gasteiger partial charge in [0.1, 0.15) is 5.60 Å². The smallest absolute Gasteiger partial charge is 0.423 e. The standard InChI is InChI=1S/C15H18F3NO4/c1-7-9-14(11(20)22-6,15(16,17)18)19(10-8-2)12(21)23-13(3,4)5/h1-2H,9-10H2,3-6H3. The molecule has 1 atom stereocenters. The van der Waals surface area contributed by atoms with Crippen LogP contribution in [-0.2, 0) is 14.3 Å². The summed E-state index contributed by atoms with van der Waals surface area (Å²) in [5, 5.41) is 0. The number of rotatable bonds is 4. The fourth-order valence-electron chi connectivity index (χ4n) is 1.73. The molecule has 0 aliphatic heterocycles. The lowest BCUT2D eigenvalue weighted by atomic mass is 9.92. The molecule has 0 spiro atoms. The van der Waals surface area contributed by atoms with E-state index in [0.717, 1.165) is 7.11 Å². The van der Waals surface area contributed by atoms with Crippen molar-refractivity contribution < 1.29 is 32.2 Å². The second-order valence-electron chi connectivity index (χ2n) is 5.50. The molecular weight excluding hydrogens is 315 g/mol. The van der Waals surface area contributed by atoms with Crippen molar-refractivity contribution in [2.24, 2.45) is 0 Å². The second-order valence-corrected chi connectivity index (χ2v) is 5.50. The Morgan fingerprint density at radius 2 is 1.65 bits per heavy atom. The molecule has 0 aliphatic carbocycles. The van der Waals surface area contributed by atoms with Gasteiger partial charge in [0.25, 0.3) is 5.54 Å². The Balaban J connectivity index is 6.25. The minimum Gasteiger partial charge on any atom is -0.467 e. The molecular formula is C15H18F3NO4. The molecule has 0 heterocycles. The van der Waals surface area contributed by atoms with Gasteiger partial charge in [-0.05, 0) is 20.8 Å². The highest BCUT2D eigenvalue weighted by molar-refractivity contribution is 5.87. The van der Waals surface area contributed by atoms with Crippen LogP contribution in [-0.4, -0.2) is 47.9 Å². The quantitative estimate of drug-likeness (QED) is 0.585. The minimum absolute atomic E-state index is 0.0734. The summed E-state index contributed by atoms with van der Waals surface area (Å²) in [7, 11) is 0.752. The predicted octanol–water partition coefficient (Wildman–Crippen LogP) is 2.35. The number of carbonyl (C=O) groups is 2. The zero-order chi connectivity index (χ0) is 18.5. The van der Waals surface area contributed by atoms with Crippen molar-refractivity contribution in [1.82, 2.24) is 4.90 Å². The van der Waals surface area contributed by atoms with Crippen LogP contribution in [0.1, 0.15) is 27.2 Å². The average molecular weight is 333 g/mol. The molecule has 5 nitrogen and oxygen atoms in total. The molecule has 0 saturated carbocycles. The molecule has 128 valence electrons. The van der Waals surface area contributed by atoms with E-state index in [1.54, 1.807) is 5.92 Å². The fraction of sp³-hybridized carbons (Fsp3) is 0.600. The number of hydrogen-bond acceptors (Lipinski definition) is 4. The molecule has 0 aromatic rings. The van der Waals surface area contributed by atoms with E-state index in [-0.39, 0.29) is 4.90 Å². The third kappa shape index (κ3) is 4.56. The first kappa shape index (κ1) is 20.7. The lowest BCUT2D eigenvalue weighted by Gasteiger charge is -2.40. The van der Waals surface area contributed by atoms with Gasteiger partial charge in [0, 0.05) is 0 Å². The van der Waals surface area contributed by atoms with E-state index < -0.39 is 42.3 Å². The number of esters is 1. The molecule has 0 saturated heterocycles. The Labute approximate surface area is 133 Å². The van der Waals surface area contributed by atoms with Crippen molar-refractivity contribution in [1.29, 1.82) is 0 Å². The lowest BCUT2D eigenvalue weighted by molar-refractivity contribution is -0.233. The van der Waals surface area contributed by atoms with Crippen LogP contribution in [0.2, 0.25) is 0 Å². The number of terminal acetylenes is 2. The van der Waals surface area contributed by atoms with Gasteiger partial charge < -0.3 is 9.47 Å². The van der Waals surface area contributed by atoms with Crippen molar-refractivity contribution >= 4 is 12.1 Å². The molecule has 0 N–H and O–H groups in total. The SMILES string of the molecule is C#CCN(C(=O)OC(C)(C)C)C(CC#C)(C(=O)OC)C(F)(F)F. The van der Waals surface area contributed by atoms with Crippen molar-refractivity contribution in [2.75, 3.05) is 13.7 Å². The summed E-state index contributed by atoms with van der Waals surface area (Å²) in [6.45, 7) is 3.51. The van der Waals surface area contributed by atoms with Gasteiger partial charge in [-0.1, -0.05) is 5.92 Å². The maximum Gasteiger partial charge on any atom is 0.423 e. The number of nitrogens with zero attached hydrogens (tertiary/aromatic N) is 1. The summed E-state index contributed by atoms with van der Waals surface area (Å²) in [6, 6.07) is 0. The Kier molecular flexibility index (Phi) is 6.53. The Hall–Kier alpha value is -2.35. The first-order valence-corrected chi connectivity index (χ1v) is 6.40. The molecule has 0 aromatic heterocycles. The van der Waals surface area contributed by atoms with Crippen LogP contribution >= 0.6 is 0 Å². The summed E-state index contributed by atoms with van der Waals surface area (Å²) in [5.74, 6) is 1.90. The number of ether oxygens (including phenoxy) is 2. The van der Waals surface area contributed by atoms with Gasteiger partial charge in [0.15, 0.2) is 0 Å². The maximum atomic E-state index is 13.7. The molecule has 0 fully saturated rings. The number of amides is 1. The third-order valence-corrected chi connectivity index (χ3v) is 2.67. The first-order chi connectivity index (χ1) is 10.4. The Morgan fingerprint density at radius 1 is 1.13 bits per heavy atom. The van der Waals surface area contributed by atoms with E-state index in [1.807, 2.05) is 5.92 Å². The van der Waals surface area contributed by atoms with E-state index in [1.165, 1.54) is 20.8 Å². The van der Waals surface area contributed by atoms with Gasteiger partial charge in [-0.25, -0.2) is 9.59 Å². The van der Waals surface area contributed by atoms with Gasteiger partial charge in [0.2, 0.25) is 0 Å². The zero-order valence-electron chi connectivity index (χ0n) is 13.3. The van der Waals surface area contributed by atoms with Crippen LogP contribution in [0.15, 0.2) is 0 Å². The van der Waals surface area contributed by atoms with Crippen LogP contribution < -0.4 is 0 Å². The van der Waals surface area contributed by atoms with Crippen molar-refractivity contribution in [3.8, 4) is 24.7 Å². The summed E-state index contributed by atoms with van der Waals surface area (Å²) >= 11 is 0. The summed E-state index contributed by atoms with van der Waals surface area (Å²) in [5.41, 5.74) is -4.53. The number of halogens is 3. The Bertz CT molecular complexity index is 537. The van der Waals surface area contributed by atoms with Crippen LogP contribution in [0.4, 0.5) is 18.0 Å². The number of hydrogen-bond donors (Lipinski definition) is 0.